The van der Waals surface area contributed by atoms with Gasteiger partial charge in [-0.3, -0.25) is 4.68 Å². The minimum Gasteiger partial charge on any atom is -0.343 e. The number of allylic oxidation sites excluding steroid dienone is 1. The Hall–Kier alpha value is -3.44. The Labute approximate surface area is 192 Å². The molecule has 0 fully saturated rings. The Morgan fingerprint density at radius 3 is 2.59 bits per heavy atom. The predicted octanol–water partition coefficient (Wildman–Crippen LogP) is 6.44. The zero-order valence-corrected chi connectivity index (χ0v) is 19.0. The van der Waals surface area contributed by atoms with Crippen molar-refractivity contribution in [2.75, 3.05) is 0 Å². The summed E-state index contributed by atoms with van der Waals surface area (Å²) >= 11 is 6.12. The molecule has 6 heteroatoms. The first-order chi connectivity index (χ1) is 15.6. The van der Waals surface area contributed by atoms with Crippen LogP contribution in [0.3, 0.4) is 0 Å². The number of rotatable bonds is 6. The van der Waals surface area contributed by atoms with Gasteiger partial charge in [0.05, 0.1) is 5.69 Å². The van der Waals surface area contributed by atoms with Gasteiger partial charge in [0.25, 0.3) is 0 Å². The second-order valence-corrected chi connectivity index (χ2v) is 8.36. The summed E-state index contributed by atoms with van der Waals surface area (Å²) in [5, 5.41) is 6.65. The van der Waals surface area contributed by atoms with E-state index in [1.165, 1.54) is 0 Å². The van der Waals surface area contributed by atoms with Crippen molar-refractivity contribution in [3.8, 4) is 22.6 Å². The van der Waals surface area contributed by atoms with Crippen LogP contribution in [0.5, 0.6) is 0 Å². The normalized spacial score (nSPS) is 11.5. The molecule has 0 spiro atoms. The van der Waals surface area contributed by atoms with Crippen LogP contribution in [0, 0.1) is 0 Å². The molecule has 0 aliphatic rings. The van der Waals surface area contributed by atoms with E-state index in [4.69, 9.17) is 26.7 Å². The molecule has 2 aromatic carbocycles. The van der Waals surface area contributed by atoms with E-state index in [0.717, 1.165) is 63.8 Å². The highest BCUT2D eigenvalue weighted by molar-refractivity contribution is 6.30. The molecule has 0 amide bonds. The second kappa shape index (κ2) is 8.24. The zero-order chi connectivity index (χ0) is 22.2. The van der Waals surface area contributed by atoms with Crippen LogP contribution in [0.1, 0.15) is 19.0 Å². The van der Waals surface area contributed by atoms with Gasteiger partial charge in [-0.05, 0) is 36.8 Å². The first-order valence-corrected chi connectivity index (χ1v) is 11.2. The molecule has 3 aromatic heterocycles. The number of hydrogen-bond acceptors (Lipinski definition) is 3. The van der Waals surface area contributed by atoms with Crippen molar-refractivity contribution in [3.63, 3.8) is 0 Å². The lowest BCUT2D eigenvalue weighted by atomic mass is 10.1. The Bertz CT molecular complexity index is 1440. The van der Waals surface area contributed by atoms with Crippen LogP contribution < -0.4 is 0 Å². The molecule has 0 radical (unpaired) electrons. The fraction of sp³-hybridized carbons (Fsp3) is 0.192. The first kappa shape index (κ1) is 20.5. The summed E-state index contributed by atoms with van der Waals surface area (Å²) in [6.45, 7) is 6.81. The highest BCUT2D eigenvalue weighted by Crippen LogP contribution is 2.36. The molecule has 0 aliphatic heterocycles. The summed E-state index contributed by atoms with van der Waals surface area (Å²) < 4.78 is 4.12. The van der Waals surface area contributed by atoms with Gasteiger partial charge in [0, 0.05) is 46.8 Å². The number of aryl methyl sites for hydroxylation is 2. The van der Waals surface area contributed by atoms with E-state index in [-0.39, 0.29) is 0 Å². The summed E-state index contributed by atoms with van der Waals surface area (Å²) in [7, 11) is 1.97. The van der Waals surface area contributed by atoms with Gasteiger partial charge in [-0.2, -0.15) is 5.10 Å². The smallest absolute Gasteiger partial charge is 0.160 e. The molecule has 0 N–H and O–H groups in total. The van der Waals surface area contributed by atoms with E-state index in [1.54, 1.807) is 0 Å². The number of halogens is 1. The van der Waals surface area contributed by atoms with Gasteiger partial charge in [0.15, 0.2) is 5.82 Å². The Balaban J connectivity index is 1.85. The third-order valence-corrected chi connectivity index (χ3v) is 5.96. The van der Waals surface area contributed by atoms with Gasteiger partial charge in [-0.25, -0.2) is 9.97 Å². The molecule has 160 valence electrons. The number of nitrogens with zero attached hydrogens (tertiary/aromatic N) is 5. The van der Waals surface area contributed by atoms with Gasteiger partial charge in [-0.1, -0.05) is 49.2 Å². The summed E-state index contributed by atoms with van der Waals surface area (Å²) in [5.41, 5.74) is 6.89. The molecule has 0 saturated carbocycles. The summed E-state index contributed by atoms with van der Waals surface area (Å²) in [4.78, 5) is 10.0. The topological polar surface area (TPSA) is 48.5 Å². The van der Waals surface area contributed by atoms with Gasteiger partial charge in [0.2, 0.25) is 0 Å². The van der Waals surface area contributed by atoms with Crippen molar-refractivity contribution in [2.45, 2.75) is 26.3 Å². The molecular formula is C26H24ClN5. The highest BCUT2D eigenvalue weighted by atomic mass is 35.5. The lowest BCUT2D eigenvalue weighted by molar-refractivity contribution is 0.753. The van der Waals surface area contributed by atoms with Crippen molar-refractivity contribution < 1.29 is 0 Å². The lowest BCUT2D eigenvalue weighted by Gasteiger charge is -2.08. The largest absolute Gasteiger partial charge is 0.343 e. The fourth-order valence-electron chi connectivity index (χ4n) is 4.29. The first-order valence-electron chi connectivity index (χ1n) is 10.8. The maximum Gasteiger partial charge on any atom is 0.160 e. The van der Waals surface area contributed by atoms with Crippen LogP contribution in [0.25, 0.3) is 44.6 Å². The van der Waals surface area contributed by atoms with E-state index in [9.17, 15) is 0 Å². The van der Waals surface area contributed by atoms with Crippen molar-refractivity contribution in [2.24, 2.45) is 7.05 Å². The summed E-state index contributed by atoms with van der Waals surface area (Å²) in [5.74, 6) is 0.676. The van der Waals surface area contributed by atoms with Crippen LogP contribution >= 0.6 is 11.6 Å². The summed E-state index contributed by atoms with van der Waals surface area (Å²) in [6, 6.07) is 16.1. The third-order valence-electron chi connectivity index (χ3n) is 5.71. The third kappa shape index (κ3) is 3.39. The summed E-state index contributed by atoms with van der Waals surface area (Å²) in [6.07, 6.45) is 5.94. The Morgan fingerprint density at radius 1 is 1.06 bits per heavy atom. The van der Waals surface area contributed by atoms with Gasteiger partial charge in [-0.15, -0.1) is 6.58 Å². The molecule has 0 saturated heterocycles. The number of para-hydroxylation sites is 1. The average Bonchev–Trinajstić information content (AvgIpc) is 3.32. The van der Waals surface area contributed by atoms with Crippen LogP contribution in [0.2, 0.25) is 5.02 Å². The second-order valence-electron chi connectivity index (χ2n) is 7.92. The maximum atomic E-state index is 6.12. The minimum atomic E-state index is 0.676. The quantitative estimate of drug-likeness (QED) is 0.285. The average molecular weight is 442 g/mol. The van der Waals surface area contributed by atoms with Crippen LogP contribution in [0.4, 0.5) is 0 Å². The SMILES string of the molecule is C=CCn1cc(-c2nc(-c3ccc(Cl)cc3)nc3c(CCC)nn(C)c23)c2ccccc21. The van der Waals surface area contributed by atoms with Gasteiger partial charge < -0.3 is 4.57 Å². The van der Waals surface area contributed by atoms with Gasteiger partial charge in [0.1, 0.15) is 16.7 Å². The lowest BCUT2D eigenvalue weighted by Crippen LogP contribution is -1.98. The standard InChI is InChI=1S/C26H24ClN5/c1-4-8-21-24-25(31(3)30-21)23(28-26(29-24)17-11-13-18(27)14-12-17)20-16-32(15-5-2)22-10-7-6-9-19(20)22/h5-7,9-14,16H,2,4,8,15H2,1,3H3. The highest BCUT2D eigenvalue weighted by Gasteiger charge is 2.21. The van der Waals surface area contributed by atoms with Crippen molar-refractivity contribution in [3.05, 3.63) is 78.1 Å². The molecule has 0 aliphatic carbocycles. The molecule has 5 nitrogen and oxygen atoms in total. The molecule has 0 bridgehead atoms. The molecule has 0 atom stereocenters. The molecular weight excluding hydrogens is 418 g/mol. The number of aromatic nitrogens is 5. The van der Waals surface area contributed by atoms with Crippen LogP contribution in [0.15, 0.2) is 67.4 Å². The van der Waals surface area contributed by atoms with Crippen molar-refractivity contribution in [1.82, 2.24) is 24.3 Å². The predicted molar refractivity (Wildman–Crippen MR) is 132 cm³/mol. The number of benzene rings is 2. The van der Waals surface area contributed by atoms with E-state index in [0.29, 0.717) is 10.8 Å². The van der Waals surface area contributed by atoms with Crippen LogP contribution in [-0.2, 0) is 20.0 Å². The van der Waals surface area contributed by atoms with Gasteiger partial charge >= 0.3 is 0 Å². The monoisotopic (exact) mass is 441 g/mol. The van der Waals surface area contributed by atoms with E-state index >= 15 is 0 Å². The van der Waals surface area contributed by atoms with Crippen molar-refractivity contribution in [1.29, 1.82) is 0 Å². The maximum absolute atomic E-state index is 6.12. The van der Waals surface area contributed by atoms with Crippen molar-refractivity contribution >= 4 is 33.5 Å². The molecule has 32 heavy (non-hydrogen) atoms. The molecule has 5 aromatic rings. The van der Waals surface area contributed by atoms with Crippen LogP contribution in [-0.4, -0.2) is 24.3 Å². The molecule has 0 unspecified atom stereocenters. The Morgan fingerprint density at radius 2 is 1.84 bits per heavy atom. The van der Waals surface area contributed by atoms with E-state index in [1.807, 2.05) is 42.1 Å². The molecule has 3 heterocycles. The zero-order valence-electron chi connectivity index (χ0n) is 18.2. The molecule has 5 rings (SSSR count). The number of hydrogen-bond donors (Lipinski definition) is 0. The Kier molecular flexibility index (Phi) is 5.27. The minimum absolute atomic E-state index is 0.676. The fourth-order valence-corrected chi connectivity index (χ4v) is 4.41. The van der Waals surface area contributed by atoms with E-state index in [2.05, 4.69) is 48.5 Å². The van der Waals surface area contributed by atoms with E-state index < -0.39 is 0 Å². The number of fused-ring (bicyclic) bond motifs is 2.